The van der Waals surface area contributed by atoms with Crippen LogP contribution in [0.3, 0.4) is 0 Å². The predicted molar refractivity (Wildman–Crippen MR) is 72.2 cm³/mol. The van der Waals surface area contributed by atoms with Crippen molar-refractivity contribution in [2.45, 2.75) is 32.4 Å². The molecule has 0 saturated heterocycles. The van der Waals surface area contributed by atoms with Crippen LogP contribution in [0.5, 0.6) is 0 Å². The van der Waals surface area contributed by atoms with Crippen LogP contribution in [0.4, 0.5) is 0 Å². The summed E-state index contributed by atoms with van der Waals surface area (Å²) in [6.07, 6.45) is 0.917. The second-order valence-electron chi connectivity index (χ2n) is 4.33. The van der Waals surface area contributed by atoms with E-state index in [9.17, 15) is 9.90 Å². The zero-order chi connectivity index (χ0) is 13.4. The Morgan fingerprint density at radius 3 is 2.56 bits per heavy atom. The van der Waals surface area contributed by atoms with E-state index in [1.54, 1.807) is 6.92 Å². The fourth-order valence-electron chi connectivity index (χ4n) is 1.72. The number of rotatable bonds is 7. The third-order valence-corrected chi connectivity index (χ3v) is 2.78. The number of carbonyl (C=O) groups excluding carboxylic acids is 1. The van der Waals surface area contributed by atoms with Gasteiger partial charge in [0.2, 0.25) is 5.91 Å². The highest BCUT2D eigenvalue weighted by Gasteiger charge is 2.17. The van der Waals surface area contributed by atoms with Crippen LogP contribution in [0.2, 0.25) is 0 Å². The average Bonchev–Trinajstić information content (AvgIpc) is 2.42. The zero-order valence-electron chi connectivity index (χ0n) is 11.0. The van der Waals surface area contributed by atoms with Gasteiger partial charge in [-0.15, -0.1) is 0 Å². The molecule has 0 aromatic heterocycles. The molecule has 0 saturated carbocycles. The normalized spacial score (nSPS) is 13.9. The van der Waals surface area contributed by atoms with E-state index >= 15 is 0 Å². The third-order valence-electron chi connectivity index (χ3n) is 2.78. The Labute approximate surface area is 108 Å². The molecule has 0 radical (unpaired) electrons. The van der Waals surface area contributed by atoms with Gasteiger partial charge in [-0.05, 0) is 18.9 Å². The first kappa shape index (κ1) is 14.7. The molecule has 100 valence electrons. The van der Waals surface area contributed by atoms with Crippen molar-refractivity contribution in [3.8, 4) is 0 Å². The number of hydrogen-bond donors (Lipinski definition) is 3. The molecule has 1 aromatic rings. The van der Waals surface area contributed by atoms with Gasteiger partial charge in [-0.2, -0.15) is 0 Å². The molecular formula is C14H22N2O2. The second kappa shape index (κ2) is 7.84. The van der Waals surface area contributed by atoms with Gasteiger partial charge in [-0.25, -0.2) is 0 Å². The van der Waals surface area contributed by atoms with E-state index in [4.69, 9.17) is 0 Å². The lowest BCUT2D eigenvalue weighted by Gasteiger charge is -2.21. The minimum absolute atomic E-state index is 0.0323. The Bertz CT molecular complexity index is 354. The molecule has 1 aromatic carbocycles. The third kappa shape index (κ3) is 4.47. The van der Waals surface area contributed by atoms with Crippen LogP contribution in [-0.4, -0.2) is 30.2 Å². The van der Waals surface area contributed by atoms with E-state index in [0.29, 0.717) is 6.54 Å². The van der Waals surface area contributed by atoms with Crippen molar-refractivity contribution in [1.82, 2.24) is 10.6 Å². The molecule has 0 heterocycles. The first-order valence-corrected chi connectivity index (χ1v) is 6.38. The SMILES string of the molecule is CCCNC(=O)C(C)NC(CO)c1ccccc1. The maximum Gasteiger partial charge on any atom is 0.236 e. The number of aliphatic hydroxyl groups excluding tert-OH is 1. The largest absolute Gasteiger partial charge is 0.394 e. The summed E-state index contributed by atoms with van der Waals surface area (Å²) in [4.78, 5) is 11.7. The minimum Gasteiger partial charge on any atom is -0.394 e. The molecule has 3 N–H and O–H groups in total. The molecule has 0 spiro atoms. The Hall–Kier alpha value is -1.39. The maximum absolute atomic E-state index is 11.7. The first-order valence-electron chi connectivity index (χ1n) is 6.38. The van der Waals surface area contributed by atoms with Crippen molar-refractivity contribution in [2.75, 3.05) is 13.2 Å². The standard InChI is InChI=1S/C14H22N2O2/c1-3-9-15-14(18)11(2)16-13(10-17)12-7-5-4-6-8-12/h4-8,11,13,16-17H,3,9-10H2,1-2H3,(H,15,18). The van der Waals surface area contributed by atoms with Crippen LogP contribution in [0.1, 0.15) is 31.9 Å². The summed E-state index contributed by atoms with van der Waals surface area (Å²) in [7, 11) is 0. The van der Waals surface area contributed by atoms with Gasteiger partial charge >= 0.3 is 0 Å². The monoisotopic (exact) mass is 250 g/mol. The summed E-state index contributed by atoms with van der Waals surface area (Å²) in [6.45, 7) is 4.46. The summed E-state index contributed by atoms with van der Waals surface area (Å²) in [6, 6.07) is 9.09. The molecule has 0 bridgehead atoms. The van der Waals surface area contributed by atoms with Gasteiger partial charge in [0, 0.05) is 6.54 Å². The molecule has 0 aliphatic rings. The number of hydrogen-bond acceptors (Lipinski definition) is 3. The van der Waals surface area contributed by atoms with E-state index in [-0.39, 0.29) is 24.6 Å². The number of benzene rings is 1. The Balaban J connectivity index is 2.55. The molecule has 1 amide bonds. The Morgan fingerprint density at radius 1 is 1.33 bits per heavy atom. The predicted octanol–water partition coefficient (Wildman–Crippen LogP) is 1.22. The van der Waals surface area contributed by atoms with E-state index in [1.165, 1.54) is 0 Å². The van der Waals surface area contributed by atoms with Gasteiger partial charge in [-0.3, -0.25) is 10.1 Å². The molecule has 0 aliphatic carbocycles. The molecule has 2 unspecified atom stereocenters. The van der Waals surface area contributed by atoms with Crippen LogP contribution in [0.25, 0.3) is 0 Å². The topological polar surface area (TPSA) is 61.4 Å². The number of aliphatic hydroxyl groups is 1. The van der Waals surface area contributed by atoms with E-state index in [1.807, 2.05) is 37.3 Å². The maximum atomic E-state index is 11.7. The van der Waals surface area contributed by atoms with Gasteiger partial charge in [0.05, 0.1) is 18.7 Å². The van der Waals surface area contributed by atoms with Crippen molar-refractivity contribution < 1.29 is 9.90 Å². The molecular weight excluding hydrogens is 228 g/mol. The van der Waals surface area contributed by atoms with E-state index in [0.717, 1.165) is 12.0 Å². The molecule has 2 atom stereocenters. The smallest absolute Gasteiger partial charge is 0.236 e. The summed E-state index contributed by atoms with van der Waals surface area (Å²) in [5, 5.41) is 15.4. The molecule has 0 fully saturated rings. The van der Waals surface area contributed by atoms with Gasteiger partial charge in [0.15, 0.2) is 0 Å². The lowest BCUT2D eigenvalue weighted by Crippen LogP contribution is -2.44. The van der Waals surface area contributed by atoms with Crippen LogP contribution in [0.15, 0.2) is 30.3 Å². The van der Waals surface area contributed by atoms with Crippen LogP contribution in [0, 0.1) is 0 Å². The highest BCUT2D eigenvalue weighted by molar-refractivity contribution is 5.81. The zero-order valence-corrected chi connectivity index (χ0v) is 11.0. The quantitative estimate of drug-likeness (QED) is 0.682. The summed E-state index contributed by atoms with van der Waals surface area (Å²) >= 11 is 0. The average molecular weight is 250 g/mol. The van der Waals surface area contributed by atoms with Crippen molar-refractivity contribution in [1.29, 1.82) is 0 Å². The van der Waals surface area contributed by atoms with Gasteiger partial charge in [0.25, 0.3) is 0 Å². The fraction of sp³-hybridized carbons (Fsp3) is 0.500. The Kier molecular flexibility index (Phi) is 6.39. The highest BCUT2D eigenvalue weighted by Crippen LogP contribution is 2.12. The lowest BCUT2D eigenvalue weighted by atomic mass is 10.1. The van der Waals surface area contributed by atoms with E-state index < -0.39 is 0 Å². The fourth-order valence-corrected chi connectivity index (χ4v) is 1.72. The molecule has 4 nitrogen and oxygen atoms in total. The van der Waals surface area contributed by atoms with Crippen LogP contribution < -0.4 is 10.6 Å². The van der Waals surface area contributed by atoms with Gasteiger partial charge in [0.1, 0.15) is 0 Å². The number of amides is 1. The van der Waals surface area contributed by atoms with Crippen LogP contribution >= 0.6 is 0 Å². The molecule has 1 rings (SSSR count). The summed E-state index contributed by atoms with van der Waals surface area (Å²) in [5.41, 5.74) is 0.982. The van der Waals surface area contributed by atoms with Crippen molar-refractivity contribution >= 4 is 5.91 Å². The second-order valence-corrected chi connectivity index (χ2v) is 4.33. The lowest BCUT2D eigenvalue weighted by molar-refractivity contribution is -0.123. The van der Waals surface area contributed by atoms with E-state index in [2.05, 4.69) is 10.6 Å². The molecule has 0 aliphatic heterocycles. The van der Waals surface area contributed by atoms with Crippen molar-refractivity contribution in [2.24, 2.45) is 0 Å². The first-order chi connectivity index (χ1) is 8.69. The molecule has 4 heteroatoms. The summed E-state index contributed by atoms with van der Waals surface area (Å²) in [5.74, 6) is -0.0359. The summed E-state index contributed by atoms with van der Waals surface area (Å²) < 4.78 is 0. The number of carbonyl (C=O) groups is 1. The minimum atomic E-state index is -0.325. The highest BCUT2D eigenvalue weighted by atomic mass is 16.3. The molecule has 18 heavy (non-hydrogen) atoms. The van der Waals surface area contributed by atoms with Crippen molar-refractivity contribution in [3.63, 3.8) is 0 Å². The van der Waals surface area contributed by atoms with Crippen LogP contribution in [-0.2, 0) is 4.79 Å². The van der Waals surface area contributed by atoms with Gasteiger partial charge < -0.3 is 10.4 Å². The Morgan fingerprint density at radius 2 is 2.00 bits per heavy atom. The van der Waals surface area contributed by atoms with Gasteiger partial charge in [-0.1, -0.05) is 37.3 Å². The van der Waals surface area contributed by atoms with Crippen molar-refractivity contribution in [3.05, 3.63) is 35.9 Å². The number of nitrogens with one attached hydrogen (secondary N) is 2.